The number of nitrogens with zero attached hydrogens (tertiary/aromatic N) is 1. The first-order chi connectivity index (χ1) is 13.3. The Morgan fingerprint density at radius 3 is 2.43 bits per heavy atom. The third kappa shape index (κ3) is 3.99. The maximum absolute atomic E-state index is 13.0. The highest BCUT2D eigenvalue weighted by atomic mass is 32.2. The molecule has 0 spiro atoms. The third-order valence-corrected chi connectivity index (χ3v) is 5.61. The lowest BCUT2D eigenvalue weighted by atomic mass is 10.1. The summed E-state index contributed by atoms with van der Waals surface area (Å²) < 4.78 is 39.0. The lowest BCUT2D eigenvalue weighted by Crippen LogP contribution is -2.15. The molecule has 28 heavy (non-hydrogen) atoms. The van der Waals surface area contributed by atoms with Gasteiger partial charge >= 0.3 is 0 Å². The lowest BCUT2D eigenvalue weighted by Gasteiger charge is -2.15. The number of benzene rings is 2. The molecule has 146 valence electrons. The van der Waals surface area contributed by atoms with Crippen LogP contribution in [0.1, 0.15) is 5.56 Å². The van der Waals surface area contributed by atoms with E-state index in [1.807, 2.05) is 0 Å². The Morgan fingerprint density at radius 1 is 1.00 bits per heavy atom. The summed E-state index contributed by atoms with van der Waals surface area (Å²) in [6.45, 7) is 1.70. The summed E-state index contributed by atoms with van der Waals surface area (Å²) in [5.41, 5.74) is 1.49. The number of H-pyrrole nitrogens is 1. The van der Waals surface area contributed by atoms with E-state index in [2.05, 4.69) is 14.9 Å². The molecule has 3 rings (SSSR count). The molecule has 0 saturated carbocycles. The summed E-state index contributed by atoms with van der Waals surface area (Å²) in [7, 11) is -0.983. The number of nitrogens with one attached hydrogen (secondary N) is 2. The molecular formula is C19H19N3O5S. The van der Waals surface area contributed by atoms with Gasteiger partial charge in [-0.15, -0.1) is 0 Å². The number of ether oxygens (including phenoxy) is 2. The van der Waals surface area contributed by atoms with Gasteiger partial charge in [-0.3, -0.25) is 9.52 Å². The predicted molar refractivity (Wildman–Crippen MR) is 105 cm³/mol. The highest BCUT2D eigenvalue weighted by Crippen LogP contribution is 2.32. The summed E-state index contributed by atoms with van der Waals surface area (Å²) in [6.07, 6.45) is 0. The van der Waals surface area contributed by atoms with Gasteiger partial charge in [0.15, 0.2) is 0 Å². The van der Waals surface area contributed by atoms with Crippen LogP contribution in [0.5, 0.6) is 11.5 Å². The highest BCUT2D eigenvalue weighted by Gasteiger charge is 2.20. The van der Waals surface area contributed by atoms with Gasteiger partial charge in [-0.25, -0.2) is 13.5 Å². The van der Waals surface area contributed by atoms with E-state index >= 15 is 0 Å². The maximum atomic E-state index is 13.0. The molecule has 1 aromatic heterocycles. The van der Waals surface area contributed by atoms with Crippen molar-refractivity contribution in [1.82, 2.24) is 10.2 Å². The molecule has 0 fully saturated rings. The van der Waals surface area contributed by atoms with E-state index in [0.717, 1.165) is 0 Å². The van der Waals surface area contributed by atoms with E-state index in [4.69, 9.17) is 9.47 Å². The largest absolute Gasteiger partial charge is 0.497 e. The summed E-state index contributed by atoms with van der Waals surface area (Å²) in [6, 6.07) is 12.6. The van der Waals surface area contributed by atoms with Crippen molar-refractivity contribution in [2.45, 2.75) is 11.8 Å². The Kier molecular flexibility index (Phi) is 5.36. The molecule has 9 heteroatoms. The zero-order chi connectivity index (χ0) is 20.3. The van der Waals surface area contributed by atoms with Crippen molar-refractivity contribution in [3.05, 3.63) is 64.4 Å². The summed E-state index contributed by atoms with van der Waals surface area (Å²) in [5, 5.41) is 6.28. The van der Waals surface area contributed by atoms with Crippen molar-refractivity contribution in [2.24, 2.45) is 0 Å². The Labute approximate surface area is 162 Å². The molecule has 1 heterocycles. The van der Waals surface area contributed by atoms with Gasteiger partial charge in [0, 0.05) is 17.7 Å². The first-order valence-electron chi connectivity index (χ1n) is 8.25. The van der Waals surface area contributed by atoms with E-state index in [0.29, 0.717) is 28.3 Å². The Morgan fingerprint density at radius 2 is 1.79 bits per heavy atom. The smallest absolute Gasteiger partial charge is 0.264 e. The number of aromatic amines is 1. The van der Waals surface area contributed by atoms with Gasteiger partial charge < -0.3 is 9.47 Å². The number of aryl methyl sites for hydroxylation is 1. The third-order valence-electron chi connectivity index (χ3n) is 4.10. The second kappa shape index (κ2) is 7.73. The summed E-state index contributed by atoms with van der Waals surface area (Å²) in [5.74, 6) is 0.849. The Balaban J connectivity index is 2.03. The van der Waals surface area contributed by atoms with Crippen LogP contribution in [0.4, 0.5) is 5.69 Å². The van der Waals surface area contributed by atoms with E-state index < -0.39 is 10.0 Å². The molecule has 0 aliphatic carbocycles. The molecule has 0 bridgehead atoms. The molecule has 0 unspecified atom stereocenters. The average Bonchev–Trinajstić information content (AvgIpc) is 2.68. The van der Waals surface area contributed by atoms with Crippen LogP contribution >= 0.6 is 0 Å². The van der Waals surface area contributed by atoms with Crippen LogP contribution in [0.15, 0.2) is 58.2 Å². The zero-order valence-electron chi connectivity index (χ0n) is 15.5. The fourth-order valence-electron chi connectivity index (χ4n) is 2.65. The van der Waals surface area contributed by atoms with Gasteiger partial charge in [0.2, 0.25) is 0 Å². The minimum Gasteiger partial charge on any atom is -0.497 e. The van der Waals surface area contributed by atoms with E-state index in [1.165, 1.54) is 32.4 Å². The van der Waals surface area contributed by atoms with Crippen LogP contribution in [0, 0.1) is 6.92 Å². The zero-order valence-corrected chi connectivity index (χ0v) is 16.3. The van der Waals surface area contributed by atoms with Crippen molar-refractivity contribution < 1.29 is 17.9 Å². The number of methoxy groups -OCH3 is 2. The van der Waals surface area contributed by atoms with Crippen molar-refractivity contribution in [3.8, 4) is 22.8 Å². The number of hydrogen-bond acceptors (Lipinski definition) is 6. The SMILES string of the molecule is COc1ccc(OC)c(NS(=O)(=O)c2cc(-c3ccc(=O)[nH]n3)ccc2C)c1. The van der Waals surface area contributed by atoms with Gasteiger partial charge in [-0.2, -0.15) is 5.10 Å². The van der Waals surface area contributed by atoms with Gasteiger partial charge in [0.25, 0.3) is 15.6 Å². The van der Waals surface area contributed by atoms with E-state index in [9.17, 15) is 13.2 Å². The molecule has 8 nitrogen and oxygen atoms in total. The summed E-state index contributed by atoms with van der Waals surface area (Å²) >= 11 is 0. The molecule has 0 saturated heterocycles. The Bertz CT molecular complexity index is 1150. The molecule has 0 radical (unpaired) electrons. The minimum absolute atomic E-state index is 0.0860. The molecular weight excluding hydrogens is 382 g/mol. The summed E-state index contributed by atoms with van der Waals surface area (Å²) in [4.78, 5) is 11.3. The van der Waals surface area contributed by atoms with E-state index in [-0.39, 0.29) is 16.1 Å². The first kappa shape index (κ1) is 19.4. The fraction of sp³-hybridized carbons (Fsp3) is 0.158. The lowest BCUT2D eigenvalue weighted by molar-refractivity contribution is 0.405. The molecule has 0 amide bonds. The molecule has 2 N–H and O–H groups in total. The van der Waals surface area contributed by atoms with Crippen LogP contribution in [0.3, 0.4) is 0 Å². The minimum atomic E-state index is -3.93. The standard InChI is InChI=1S/C19H19N3O5S/c1-12-4-5-13(15-7-9-19(23)21-20-15)10-18(12)28(24,25)22-16-11-14(26-2)6-8-17(16)27-3/h4-11,22H,1-3H3,(H,21,23). The molecule has 3 aromatic rings. The number of hydrogen-bond donors (Lipinski definition) is 2. The topological polar surface area (TPSA) is 110 Å². The molecule has 2 aromatic carbocycles. The fourth-order valence-corrected chi connectivity index (χ4v) is 3.98. The number of anilines is 1. The average molecular weight is 401 g/mol. The van der Waals surface area contributed by atoms with E-state index in [1.54, 1.807) is 37.3 Å². The highest BCUT2D eigenvalue weighted by molar-refractivity contribution is 7.92. The second-order valence-corrected chi connectivity index (χ2v) is 7.61. The van der Waals surface area contributed by atoms with Gasteiger partial charge in [0.05, 0.1) is 30.5 Å². The van der Waals surface area contributed by atoms with Crippen LogP contribution in [-0.2, 0) is 10.0 Å². The second-order valence-electron chi connectivity index (χ2n) is 5.96. The number of sulfonamides is 1. The van der Waals surface area contributed by atoms with Gasteiger partial charge in [-0.1, -0.05) is 12.1 Å². The molecule has 0 aliphatic heterocycles. The monoisotopic (exact) mass is 401 g/mol. The van der Waals surface area contributed by atoms with Crippen molar-refractivity contribution >= 4 is 15.7 Å². The van der Waals surface area contributed by atoms with Gasteiger partial charge in [0.1, 0.15) is 11.5 Å². The van der Waals surface area contributed by atoms with Crippen LogP contribution in [0.2, 0.25) is 0 Å². The van der Waals surface area contributed by atoms with Crippen LogP contribution in [-0.4, -0.2) is 32.8 Å². The number of aromatic nitrogens is 2. The predicted octanol–water partition coefficient (Wildman–Crippen LogP) is 2.56. The number of rotatable bonds is 6. The molecule has 0 atom stereocenters. The normalized spacial score (nSPS) is 11.1. The first-order valence-corrected chi connectivity index (χ1v) is 9.74. The van der Waals surface area contributed by atoms with Crippen LogP contribution < -0.4 is 19.8 Å². The van der Waals surface area contributed by atoms with Crippen LogP contribution in [0.25, 0.3) is 11.3 Å². The quantitative estimate of drug-likeness (QED) is 0.657. The molecule has 0 aliphatic rings. The van der Waals surface area contributed by atoms with Crippen molar-refractivity contribution in [3.63, 3.8) is 0 Å². The van der Waals surface area contributed by atoms with Gasteiger partial charge in [-0.05, 0) is 36.8 Å². The maximum Gasteiger partial charge on any atom is 0.264 e. The van der Waals surface area contributed by atoms with Crippen molar-refractivity contribution in [1.29, 1.82) is 0 Å². The van der Waals surface area contributed by atoms with Crippen molar-refractivity contribution in [2.75, 3.05) is 18.9 Å². The Hall–Kier alpha value is -3.33.